The van der Waals surface area contributed by atoms with Gasteiger partial charge in [0.05, 0.1) is 9.82 Å². The summed E-state index contributed by atoms with van der Waals surface area (Å²) in [5.74, 6) is -0.275. The van der Waals surface area contributed by atoms with Crippen LogP contribution < -0.4 is 5.32 Å². The van der Waals surface area contributed by atoms with Gasteiger partial charge in [-0.25, -0.2) is 8.42 Å². The maximum Gasteiger partial charge on any atom is 0.293 e. The molecule has 1 N–H and O–H groups in total. The Hall–Kier alpha value is -2.78. The second-order valence-electron chi connectivity index (χ2n) is 6.31. The highest BCUT2D eigenvalue weighted by molar-refractivity contribution is 7.89. The molecular weight excluding hydrogens is 370 g/mol. The lowest BCUT2D eigenvalue weighted by Crippen LogP contribution is -2.27. The van der Waals surface area contributed by atoms with Crippen LogP contribution >= 0.6 is 0 Å². The predicted molar refractivity (Wildman–Crippen MR) is 101 cm³/mol. The number of ketones is 1. The standard InChI is InChI=1S/C18H19N3O5S/c1-13(22)14-7-8-17(18(11-14)21(23)24)19-15-5-4-6-16(12-15)27(25,26)20-9-2-3-10-20/h4-8,11-12,19H,2-3,9-10H2,1H3. The van der Waals surface area contributed by atoms with Gasteiger partial charge in [0.25, 0.3) is 5.69 Å². The number of anilines is 2. The van der Waals surface area contributed by atoms with Crippen LogP contribution in [-0.4, -0.2) is 36.5 Å². The molecule has 0 aliphatic carbocycles. The van der Waals surface area contributed by atoms with Gasteiger partial charge in [-0.3, -0.25) is 14.9 Å². The van der Waals surface area contributed by atoms with Crippen molar-refractivity contribution < 1.29 is 18.1 Å². The molecule has 8 nitrogen and oxygen atoms in total. The molecule has 0 spiro atoms. The molecule has 0 unspecified atom stereocenters. The Morgan fingerprint density at radius 3 is 2.48 bits per heavy atom. The van der Waals surface area contributed by atoms with E-state index in [4.69, 9.17) is 0 Å². The highest BCUT2D eigenvalue weighted by Gasteiger charge is 2.27. The average Bonchev–Trinajstić information content (AvgIpc) is 3.17. The smallest absolute Gasteiger partial charge is 0.293 e. The van der Waals surface area contributed by atoms with Crippen LogP contribution in [0.5, 0.6) is 0 Å². The summed E-state index contributed by atoms with van der Waals surface area (Å²) >= 11 is 0. The fraction of sp³-hybridized carbons (Fsp3) is 0.278. The molecule has 1 fully saturated rings. The zero-order valence-corrected chi connectivity index (χ0v) is 15.5. The van der Waals surface area contributed by atoms with Crippen LogP contribution in [0.3, 0.4) is 0 Å². The zero-order chi connectivity index (χ0) is 19.6. The molecule has 1 aliphatic rings. The summed E-state index contributed by atoms with van der Waals surface area (Å²) in [5, 5.41) is 14.2. The van der Waals surface area contributed by atoms with E-state index in [2.05, 4.69) is 5.32 Å². The van der Waals surface area contributed by atoms with Crippen LogP contribution in [0, 0.1) is 10.1 Å². The van der Waals surface area contributed by atoms with E-state index < -0.39 is 14.9 Å². The number of Topliss-reactive ketones (excluding diaryl/α,β-unsaturated/α-hetero) is 1. The summed E-state index contributed by atoms with van der Waals surface area (Å²) in [6.45, 7) is 2.33. The molecule has 0 saturated carbocycles. The summed E-state index contributed by atoms with van der Waals surface area (Å²) in [6, 6.07) is 10.3. The summed E-state index contributed by atoms with van der Waals surface area (Å²) < 4.78 is 26.8. The van der Waals surface area contributed by atoms with Gasteiger partial charge in [-0.2, -0.15) is 4.31 Å². The second kappa shape index (κ2) is 7.45. The molecule has 1 saturated heterocycles. The minimum absolute atomic E-state index is 0.136. The maximum absolute atomic E-state index is 12.7. The molecule has 9 heteroatoms. The lowest BCUT2D eigenvalue weighted by molar-refractivity contribution is -0.383. The van der Waals surface area contributed by atoms with Crippen molar-refractivity contribution in [1.82, 2.24) is 4.31 Å². The predicted octanol–water partition coefficient (Wildman–Crippen LogP) is 3.33. The molecule has 0 atom stereocenters. The van der Waals surface area contributed by atoms with E-state index in [0.29, 0.717) is 18.8 Å². The van der Waals surface area contributed by atoms with E-state index in [1.165, 1.54) is 41.6 Å². The first-order chi connectivity index (χ1) is 12.8. The first kappa shape index (κ1) is 19.0. The highest BCUT2D eigenvalue weighted by atomic mass is 32.2. The number of hydrogen-bond donors (Lipinski definition) is 1. The number of benzene rings is 2. The van der Waals surface area contributed by atoms with Gasteiger partial charge in [0.2, 0.25) is 10.0 Å². The fourth-order valence-electron chi connectivity index (χ4n) is 2.97. The van der Waals surface area contributed by atoms with Crippen LogP contribution in [0.25, 0.3) is 0 Å². The molecule has 0 amide bonds. The average molecular weight is 389 g/mol. The number of carbonyl (C=O) groups is 1. The third kappa shape index (κ3) is 3.99. The molecular formula is C18H19N3O5S. The number of nitrogens with one attached hydrogen (secondary N) is 1. The van der Waals surface area contributed by atoms with Crippen LogP contribution in [0.1, 0.15) is 30.1 Å². The number of hydrogen-bond acceptors (Lipinski definition) is 6. The molecule has 1 aliphatic heterocycles. The maximum atomic E-state index is 12.7. The van der Waals surface area contributed by atoms with Gasteiger partial charge in [-0.1, -0.05) is 6.07 Å². The lowest BCUT2D eigenvalue weighted by Gasteiger charge is -2.16. The van der Waals surface area contributed by atoms with Crippen molar-refractivity contribution in [1.29, 1.82) is 0 Å². The van der Waals surface area contributed by atoms with Crippen molar-refractivity contribution in [2.75, 3.05) is 18.4 Å². The monoisotopic (exact) mass is 389 g/mol. The highest BCUT2D eigenvalue weighted by Crippen LogP contribution is 2.30. The van der Waals surface area contributed by atoms with Crippen molar-refractivity contribution in [3.05, 3.63) is 58.1 Å². The van der Waals surface area contributed by atoms with Crippen molar-refractivity contribution in [3.63, 3.8) is 0 Å². The van der Waals surface area contributed by atoms with E-state index in [1.807, 2.05) is 0 Å². The number of rotatable bonds is 6. The summed E-state index contributed by atoms with van der Waals surface area (Å²) in [5.41, 5.74) is 0.572. The summed E-state index contributed by atoms with van der Waals surface area (Å²) in [7, 11) is -3.58. The van der Waals surface area contributed by atoms with E-state index in [1.54, 1.807) is 12.1 Å². The largest absolute Gasteiger partial charge is 0.350 e. The summed E-state index contributed by atoms with van der Waals surface area (Å²) in [4.78, 5) is 22.3. The van der Waals surface area contributed by atoms with Gasteiger partial charge in [-0.15, -0.1) is 0 Å². The third-order valence-corrected chi connectivity index (χ3v) is 6.31. The first-order valence-electron chi connectivity index (χ1n) is 8.45. The molecule has 142 valence electrons. The molecule has 0 radical (unpaired) electrons. The molecule has 2 aromatic rings. The molecule has 3 rings (SSSR count). The van der Waals surface area contributed by atoms with Crippen LogP contribution in [0.15, 0.2) is 47.4 Å². The van der Waals surface area contributed by atoms with Crippen molar-refractivity contribution in [3.8, 4) is 0 Å². The Balaban J connectivity index is 1.93. The van der Waals surface area contributed by atoms with Gasteiger partial charge in [0, 0.05) is 30.4 Å². The SMILES string of the molecule is CC(=O)c1ccc(Nc2cccc(S(=O)(=O)N3CCCC3)c2)c([N+](=O)[O-])c1. The Morgan fingerprint density at radius 2 is 1.85 bits per heavy atom. The third-order valence-electron chi connectivity index (χ3n) is 4.42. The van der Waals surface area contributed by atoms with Gasteiger partial charge in [-0.05, 0) is 50.1 Å². The van der Waals surface area contributed by atoms with Crippen LogP contribution in [0.2, 0.25) is 0 Å². The fourth-order valence-corrected chi connectivity index (χ4v) is 4.54. The van der Waals surface area contributed by atoms with Crippen LogP contribution in [0.4, 0.5) is 17.1 Å². The topological polar surface area (TPSA) is 110 Å². The van der Waals surface area contributed by atoms with Crippen molar-refractivity contribution >= 4 is 32.9 Å². The Kier molecular flexibility index (Phi) is 5.24. The lowest BCUT2D eigenvalue weighted by atomic mass is 10.1. The molecule has 27 heavy (non-hydrogen) atoms. The van der Waals surface area contributed by atoms with E-state index in [-0.39, 0.29) is 27.6 Å². The minimum Gasteiger partial charge on any atom is -0.350 e. The minimum atomic E-state index is -3.58. The Bertz CT molecular complexity index is 998. The van der Waals surface area contributed by atoms with Crippen LogP contribution in [-0.2, 0) is 10.0 Å². The molecule has 0 aromatic heterocycles. The zero-order valence-electron chi connectivity index (χ0n) is 14.7. The van der Waals surface area contributed by atoms with E-state index >= 15 is 0 Å². The number of nitro groups is 1. The number of carbonyl (C=O) groups excluding carboxylic acids is 1. The van der Waals surface area contributed by atoms with Gasteiger partial charge in [0.15, 0.2) is 5.78 Å². The van der Waals surface area contributed by atoms with Crippen molar-refractivity contribution in [2.45, 2.75) is 24.7 Å². The number of nitrogens with zero attached hydrogens (tertiary/aromatic N) is 2. The van der Waals surface area contributed by atoms with E-state index in [9.17, 15) is 23.3 Å². The normalized spacial score (nSPS) is 14.9. The quantitative estimate of drug-likeness (QED) is 0.461. The number of nitro benzene ring substituents is 1. The van der Waals surface area contributed by atoms with Gasteiger partial charge in [0.1, 0.15) is 5.69 Å². The van der Waals surface area contributed by atoms with Crippen molar-refractivity contribution in [2.24, 2.45) is 0 Å². The Morgan fingerprint density at radius 1 is 1.15 bits per heavy atom. The Labute approximate surface area is 157 Å². The molecule has 0 bridgehead atoms. The van der Waals surface area contributed by atoms with Gasteiger partial charge >= 0.3 is 0 Å². The van der Waals surface area contributed by atoms with E-state index in [0.717, 1.165) is 12.8 Å². The first-order valence-corrected chi connectivity index (χ1v) is 9.89. The second-order valence-corrected chi connectivity index (χ2v) is 8.25. The molecule has 2 aromatic carbocycles. The molecule has 1 heterocycles. The number of sulfonamides is 1. The van der Waals surface area contributed by atoms with Gasteiger partial charge < -0.3 is 5.32 Å². The summed E-state index contributed by atoms with van der Waals surface area (Å²) in [6.07, 6.45) is 1.68.